The molecular weight excluding hydrogens is 302 g/mol. The minimum absolute atomic E-state index is 0.295. The van der Waals surface area contributed by atoms with E-state index in [-0.39, 0.29) is 0 Å². The molecule has 1 saturated heterocycles. The number of hydrogen-bond donors (Lipinski definition) is 1. The maximum atomic E-state index is 5.55. The summed E-state index contributed by atoms with van der Waals surface area (Å²) in [7, 11) is 2.03. The van der Waals surface area contributed by atoms with Gasteiger partial charge in [0.15, 0.2) is 0 Å². The molecule has 2 aromatic rings. The Morgan fingerprint density at radius 1 is 1.12 bits per heavy atom. The second-order valence-corrected chi connectivity index (χ2v) is 6.22. The van der Waals surface area contributed by atoms with Gasteiger partial charge in [-0.3, -0.25) is 0 Å². The summed E-state index contributed by atoms with van der Waals surface area (Å²) < 4.78 is 0. The Morgan fingerprint density at radius 2 is 1.83 bits per heavy atom. The highest BCUT2D eigenvalue weighted by atomic mass is 15.3. The lowest BCUT2D eigenvalue weighted by atomic mass is 10.1. The van der Waals surface area contributed by atoms with Crippen molar-refractivity contribution in [3.8, 4) is 0 Å². The van der Waals surface area contributed by atoms with Crippen LogP contribution in [0.3, 0.4) is 0 Å². The topological polar surface area (TPSA) is 84.1 Å². The molecular formula is C17H25N7. The van der Waals surface area contributed by atoms with Gasteiger partial charge in [-0.1, -0.05) is 6.92 Å². The first kappa shape index (κ1) is 16.4. The summed E-state index contributed by atoms with van der Waals surface area (Å²) in [6.45, 7) is 4.89. The second-order valence-electron chi connectivity index (χ2n) is 6.22. The van der Waals surface area contributed by atoms with Crippen molar-refractivity contribution < 1.29 is 0 Å². The number of piperidine rings is 1. The van der Waals surface area contributed by atoms with Gasteiger partial charge in [-0.25, -0.2) is 15.0 Å². The number of nitrogen functional groups attached to an aromatic ring is 1. The summed E-state index contributed by atoms with van der Waals surface area (Å²) in [4.78, 5) is 22.0. The second kappa shape index (κ2) is 7.42. The summed E-state index contributed by atoms with van der Waals surface area (Å²) in [6, 6.07) is 2.06. The van der Waals surface area contributed by atoms with Gasteiger partial charge in [0.1, 0.15) is 5.82 Å². The Balaban J connectivity index is 1.81. The Hall–Kier alpha value is -2.44. The largest absolute Gasteiger partial charge is 0.368 e. The van der Waals surface area contributed by atoms with Crippen LogP contribution in [0.25, 0.3) is 0 Å². The number of rotatable bonds is 5. The van der Waals surface area contributed by atoms with E-state index in [2.05, 4.69) is 32.8 Å². The van der Waals surface area contributed by atoms with Crippen molar-refractivity contribution in [2.24, 2.45) is 0 Å². The fourth-order valence-corrected chi connectivity index (χ4v) is 2.88. The van der Waals surface area contributed by atoms with Crippen LogP contribution >= 0.6 is 0 Å². The molecule has 3 rings (SSSR count). The average molecular weight is 327 g/mol. The standard InChI is InChI=1S/C17H25N7/c1-3-14-9-15(22-17(21-14)24-7-5-4-6-8-24)23(2)12-13-10-19-16(18)20-11-13/h9-11H,3-8,12H2,1-2H3,(H2,18,19,20). The fraction of sp³-hybridized carbons (Fsp3) is 0.529. The van der Waals surface area contributed by atoms with Crippen molar-refractivity contribution in [3.05, 3.63) is 29.7 Å². The van der Waals surface area contributed by atoms with Crippen LogP contribution in [-0.2, 0) is 13.0 Å². The van der Waals surface area contributed by atoms with E-state index in [4.69, 9.17) is 15.7 Å². The van der Waals surface area contributed by atoms with Crippen LogP contribution in [0.15, 0.2) is 18.5 Å². The molecule has 1 aliphatic heterocycles. The first-order valence-corrected chi connectivity index (χ1v) is 8.56. The molecule has 0 bridgehead atoms. The first-order valence-electron chi connectivity index (χ1n) is 8.56. The minimum Gasteiger partial charge on any atom is -0.368 e. The molecule has 0 spiro atoms. The zero-order chi connectivity index (χ0) is 16.9. The number of anilines is 3. The summed E-state index contributed by atoms with van der Waals surface area (Å²) >= 11 is 0. The molecule has 2 N–H and O–H groups in total. The van der Waals surface area contributed by atoms with Crippen molar-refractivity contribution in [1.29, 1.82) is 0 Å². The number of nitrogens with two attached hydrogens (primary N) is 1. The zero-order valence-electron chi connectivity index (χ0n) is 14.4. The Bertz CT molecular complexity index is 665. The lowest BCUT2D eigenvalue weighted by molar-refractivity contribution is 0.567. The Labute approximate surface area is 143 Å². The third-order valence-electron chi connectivity index (χ3n) is 4.29. The molecule has 7 heteroatoms. The molecule has 0 radical (unpaired) electrons. The van der Waals surface area contributed by atoms with Crippen LogP contribution in [0, 0.1) is 0 Å². The summed E-state index contributed by atoms with van der Waals surface area (Å²) in [5.41, 5.74) is 7.62. The predicted molar refractivity (Wildman–Crippen MR) is 96.0 cm³/mol. The SMILES string of the molecule is CCc1cc(N(C)Cc2cnc(N)nc2)nc(N2CCCCC2)n1. The lowest BCUT2D eigenvalue weighted by Crippen LogP contribution is -2.32. The van der Waals surface area contributed by atoms with E-state index in [9.17, 15) is 0 Å². The van der Waals surface area contributed by atoms with Gasteiger partial charge >= 0.3 is 0 Å². The molecule has 7 nitrogen and oxygen atoms in total. The van der Waals surface area contributed by atoms with Crippen LogP contribution in [0.2, 0.25) is 0 Å². The zero-order valence-corrected chi connectivity index (χ0v) is 14.4. The van der Waals surface area contributed by atoms with E-state index >= 15 is 0 Å². The minimum atomic E-state index is 0.295. The molecule has 128 valence electrons. The van der Waals surface area contributed by atoms with Gasteiger partial charge in [0.25, 0.3) is 0 Å². The van der Waals surface area contributed by atoms with Crippen molar-refractivity contribution in [3.63, 3.8) is 0 Å². The number of aryl methyl sites for hydroxylation is 1. The van der Waals surface area contributed by atoms with E-state index in [1.165, 1.54) is 19.3 Å². The molecule has 0 saturated carbocycles. The van der Waals surface area contributed by atoms with Crippen molar-refractivity contribution in [2.45, 2.75) is 39.2 Å². The Morgan fingerprint density at radius 3 is 2.50 bits per heavy atom. The van der Waals surface area contributed by atoms with Crippen molar-refractivity contribution >= 4 is 17.7 Å². The van der Waals surface area contributed by atoms with Gasteiger partial charge in [-0.05, 0) is 25.7 Å². The van der Waals surface area contributed by atoms with Gasteiger partial charge in [0.2, 0.25) is 11.9 Å². The molecule has 0 atom stereocenters. The molecule has 1 aliphatic rings. The third kappa shape index (κ3) is 3.90. The smallest absolute Gasteiger partial charge is 0.227 e. The number of aromatic nitrogens is 4. The predicted octanol–water partition coefficient (Wildman–Crippen LogP) is 2.04. The normalized spacial score (nSPS) is 14.7. The summed E-state index contributed by atoms with van der Waals surface area (Å²) in [5, 5.41) is 0. The monoisotopic (exact) mass is 327 g/mol. The summed E-state index contributed by atoms with van der Waals surface area (Å²) in [5.74, 6) is 2.08. The average Bonchev–Trinajstić information content (AvgIpc) is 2.64. The maximum absolute atomic E-state index is 5.55. The first-order chi connectivity index (χ1) is 11.7. The van der Waals surface area contributed by atoms with Gasteiger partial charge < -0.3 is 15.5 Å². The molecule has 24 heavy (non-hydrogen) atoms. The van der Waals surface area contributed by atoms with Crippen LogP contribution in [-0.4, -0.2) is 40.1 Å². The highest BCUT2D eigenvalue weighted by molar-refractivity contribution is 5.46. The van der Waals surface area contributed by atoms with Crippen LogP contribution in [0.4, 0.5) is 17.7 Å². The van der Waals surface area contributed by atoms with E-state index in [0.29, 0.717) is 12.5 Å². The van der Waals surface area contributed by atoms with Crippen LogP contribution < -0.4 is 15.5 Å². The van der Waals surface area contributed by atoms with Crippen molar-refractivity contribution in [1.82, 2.24) is 19.9 Å². The molecule has 0 aliphatic carbocycles. The van der Waals surface area contributed by atoms with Gasteiger partial charge in [0.05, 0.1) is 0 Å². The highest BCUT2D eigenvalue weighted by Crippen LogP contribution is 2.21. The molecule has 1 fully saturated rings. The molecule has 2 aromatic heterocycles. The maximum Gasteiger partial charge on any atom is 0.227 e. The van der Waals surface area contributed by atoms with E-state index in [0.717, 1.165) is 42.5 Å². The summed E-state index contributed by atoms with van der Waals surface area (Å²) in [6.07, 6.45) is 8.14. The van der Waals surface area contributed by atoms with Crippen LogP contribution in [0.5, 0.6) is 0 Å². The van der Waals surface area contributed by atoms with Crippen molar-refractivity contribution in [2.75, 3.05) is 35.7 Å². The molecule has 3 heterocycles. The molecule has 0 aromatic carbocycles. The third-order valence-corrected chi connectivity index (χ3v) is 4.29. The number of nitrogens with zero attached hydrogens (tertiary/aromatic N) is 6. The van der Waals surface area contributed by atoms with Gasteiger partial charge in [-0.15, -0.1) is 0 Å². The molecule has 0 amide bonds. The molecule has 0 unspecified atom stereocenters. The van der Waals surface area contributed by atoms with Crippen LogP contribution in [0.1, 0.15) is 37.4 Å². The van der Waals surface area contributed by atoms with E-state index < -0.39 is 0 Å². The fourth-order valence-electron chi connectivity index (χ4n) is 2.88. The lowest BCUT2D eigenvalue weighted by Gasteiger charge is -2.28. The number of hydrogen-bond acceptors (Lipinski definition) is 7. The van der Waals surface area contributed by atoms with Gasteiger partial charge in [0, 0.05) is 56.4 Å². The highest BCUT2D eigenvalue weighted by Gasteiger charge is 2.16. The van der Waals surface area contributed by atoms with E-state index in [1.807, 2.05) is 7.05 Å². The Kier molecular flexibility index (Phi) is 5.08. The van der Waals surface area contributed by atoms with Gasteiger partial charge in [-0.2, -0.15) is 4.98 Å². The quantitative estimate of drug-likeness (QED) is 0.899. The van der Waals surface area contributed by atoms with E-state index in [1.54, 1.807) is 12.4 Å².